The van der Waals surface area contributed by atoms with Gasteiger partial charge in [0.1, 0.15) is 0 Å². The normalized spacial score (nSPS) is 18.1. The molecule has 0 spiro atoms. The molecule has 2 atom stereocenters. The Morgan fingerprint density at radius 3 is 2.64 bits per heavy atom. The van der Waals surface area contributed by atoms with Crippen LogP contribution in [0.3, 0.4) is 0 Å². The lowest BCUT2D eigenvalue weighted by Gasteiger charge is -2.35. The van der Waals surface area contributed by atoms with Crippen LogP contribution in [0.1, 0.15) is 37.0 Å². The number of nitrogens with two attached hydrogens (primary N) is 1. The van der Waals surface area contributed by atoms with E-state index in [1.165, 1.54) is 0 Å². The summed E-state index contributed by atoms with van der Waals surface area (Å²) in [5.74, 6) is 0.330. The summed E-state index contributed by atoms with van der Waals surface area (Å²) in [6.45, 7) is 5.18. The predicted molar refractivity (Wildman–Crippen MR) is 98.2 cm³/mol. The molecule has 6 heteroatoms. The second kappa shape index (κ2) is 7.27. The van der Waals surface area contributed by atoms with E-state index in [2.05, 4.69) is 10.3 Å². The molecular formula is C19H26N4O2. The standard InChI is InChI=1S/C19H26N4O2/c1-12(20)19(25)23-9-6-14(7-10-23)13(2)22-18(24)16-3-4-17-15(11-16)5-8-21-17/h3-5,8,11-14,21H,6-7,9-10,20H2,1-2H3,(H,22,24). The van der Waals surface area contributed by atoms with Crippen LogP contribution in [-0.4, -0.2) is 46.9 Å². The van der Waals surface area contributed by atoms with Crippen molar-refractivity contribution in [3.8, 4) is 0 Å². The van der Waals surface area contributed by atoms with Crippen molar-refractivity contribution in [2.75, 3.05) is 13.1 Å². The van der Waals surface area contributed by atoms with Crippen LogP contribution in [0, 0.1) is 5.92 Å². The van der Waals surface area contributed by atoms with Gasteiger partial charge in [0, 0.05) is 41.8 Å². The van der Waals surface area contributed by atoms with Gasteiger partial charge >= 0.3 is 0 Å². The molecule has 134 valence electrons. The van der Waals surface area contributed by atoms with Gasteiger partial charge in [0.15, 0.2) is 0 Å². The van der Waals surface area contributed by atoms with Crippen molar-refractivity contribution in [2.45, 2.75) is 38.8 Å². The maximum absolute atomic E-state index is 12.5. The average Bonchev–Trinajstić information content (AvgIpc) is 3.08. The van der Waals surface area contributed by atoms with E-state index in [0.717, 1.165) is 23.7 Å². The summed E-state index contributed by atoms with van der Waals surface area (Å²) in [7, 11) is 0. The third-order valence-electron chi connectivity index (χ3n) is 5.12. The molecule has 2 amide bonds. The van der Waals surface area contributed by atoms with Gasteiger partial charge in [-0.3, -0.25) is 9.59 Å². The Morgan fingerprint density at radius 2 is 1.96 bits per heavy atom. The lowest BCUT2D eigenvalue weighted by molar-refractivity contribution is -0.133. The number of rotatable bonds is 4. The number of H-pyrrole nitrogens is 1. The van der Waals surface area contributed by atoms with E-state index in [-0.39, 0.29) is 17.9 Å². The SMILES string of the molecule is CC(N)C(=O)N1CCC(C(C)NC(=O)c2ccc3[nH]ccc3c2)CC1. The number of hydrogen-bond donors (Lipinski definition) is 3. The summed E-state index contributed by atoms with van der Waals surface area (Å²) in [5, 5.41) is 4.14. The summed E-state index contributed by atoms with van der Waals surface area (Å²) in [4.78, 5) is 29.4. The Labute approximate surface area is 147 Å². The zero-order chi connectivity index (χ0) is 18.0. The molecule has 25 heavy (non-hydrogen) atoms. The topological polar surface area (TPSA) is 91.2 Å². The fourth-order valence-corrected chi connectivity index (χ4v) is 3.51. The van der Waals surface area contributed by atoms with Gasteiger partial charge in [0.25, 0.3) is 5.91 Å². The van der Waals surface area contributed by atoms with Gasteiger partial charge in [-0.1, -0.05) is 0 Å². The number of nitrogens with zero attached hydrogens (tertiary/aromatic N) is 1. The Bertz CT molecular complexity index is 760. The van der Waals surface area contributed by atoms with E-state index in [1.54, 1.807) is 6.92 Å². The van der Waals surface area contributed by atoms with Crippen LogP contribution in [0.5, 0.6) is 0 Å². The molecule has 1 aliphatic heterocycles. The van der Waals surface area contributed by atoms with Crippen molar-refractivity contribution >= 4 is 22.7 Å². The molecule has 0 bridgehead atoms. The number of carbonyl (C=O) groups excluding carboxylic acids is 2. The highest BCUT2D eigenvalue weighted by atomic mass is 16.2. The van der Waals surface area contributed by atoms with Crippen LogP contribution in [0.15, 0.2) is 30.5 Å². The number of aromatic nitrogens is 1. The highest BCUT2D eigenvalue weighted by molar-refractivity contribution is 5.98. The van der Waals surface area contributed by atoms with Crippen LogP contribution in [-0.2, 0) is 4.79 Å². The molecule has 1 aromatic carbocycles. The smallest absolute Gasteiger partial charge is 0.251 e. The van der Waals surface area contributed by atoms with Crippen LogP contribution in [0.2, 0.25) is 0 Å². The molecule has 2 unspecified atom stereocenters. The van der Waals surface area contributed by atoms with Gasteiger partial charge < -0.3 is 20.9 Å². The molecular weight excluding hydrogens is 316 g/mol. The van der Waals surface area contributed by atoms with Crippen molar-refractivity contribution < 1.29 is 9.59 Å². The Kier molecular flexibility index (Phi) is 5.08. The van der Waals surface area contributed by atoms with E-state index in [9.17, 15) is 9.59 Å². The minimum absolute atomic E-state index is 0.00921. The van der Waals surface area contributed by atoms with E-state index in [4.69, 9.17) is 5.73 Å². The van der Waals surface area contributed by atoms with Gasteiger partial charge in [-0.25, -0.2) is 0 Å². The Balaban J connectivity index is 1.56. The van der Waals surface area contributed by atoms with E-state index < -0.39 is 6.04 Å². The van der Waals surface area contributed by atoms with Crippen LogP contribution in [0.4, 0.5) is 0 Å². The molecule has 1 saturated heterocycles. The molecule has 2 aromatic rings. The number of piperidine rings is 1. The number of likely N-dealkylation sites (tertiary alicyclic amines) is 1. The second-order valence-corrected chi connectivity index (χ2v) is 6.99. The first-order valence-corrected chi connectivity index (χ1v) is 8.88. The van der Waals surface area contributed by atoms with Crippen LogP contribution in [0.25, 0.3) is 10.9 Å². The van der Waals surface area contributed by atoms with Crippen LogP contribution < -0.4 is 11.1 Å². The molecule has 1 aromatic heterocycles. The fourth-order valence-electron chi connectivity index (χ4n) is 3.51. The Morgan fingerprint density at radius 1 is 1.24 bits per heavy atom. The first kappa shape index (κ1) is 17.5. The van der Waals surface area contributed by atoms with E-state index in [1.807, 2.05) is 42.3 Å². The van der Waals surface area contributed by atoms with Crippen LogP contribution >= 0.6 is 0 Å². The first-order valence-electron chi connectivity index (χ1n) is 8.88. The number of carbonyl (C=O) groups is 2. The first-order chi connectivity index (χ1) is 12.0. The van der Waals surface area contributed by atoms with Gasteiger partial charge in [0.05, 0.1) is 6.04 Å². The third kappa shape index (κ3) is 3.85. The third-order valence-corrected chi connectivity index (χ3v) is 5.12. The molecule has 1 fully saturated rings. The van der Waals surface area contributed by atoms with Crippen molar-refractivity contribution in [1.29, 1.82) is 0 Å². The van der Waals surface area contributed by atoms with Crippen molar-refractivity contribution in [3.63, 3.8) is 0 Å². The van der Waals surface area contributed by atoms with Gasteiger partial charge in [-0.15, -0.1) is 0 Å². The molecule has 0 saturated carbocycles. The molecule has 0 radical (unpaired) electrons. The monoisotopic (exact) mass is 342 g/mol. The zero-order valence-corrected chi connectivity index (χ0v) is 14.8. The van der Waals surface area contributed by atoms with Crippen molar-refractivity contribution in [2.24, 2.45) is 11.7 Å². The lowest BCUT2D eigenvalue weighted by Crippen LogP contribution is -2.49. The average molecular weight is 342 g/mol. The number of benzene rings is 1. The number of aromatic amines is 1. The fraction of sp³-hybridized carbons (Fsp3) is 0.474. The Hall–Kier alpha value is -2.34. The zero-order valence-electron chi connectivity index (χ0n) is 14.8. The molecule has 1 aliphatic rings. The minimum Gasteiger partial charge on any atom is -0.361 e. The summed E-state index contributed by atoms with van der Waals surface area (Å²) in [6.07, 6.45) is 3.64. The summed E-state index contributed by atoms with van der Waals surface area (Å²) >= 11 is 0. The highest BCUT2D eigenvalue weighted by Crippen LogP contribution is 2.22. The maximum Gasteiger partial charge on any atom is 0.251 e. The number of hydrogen-bond acceptors (Lipinski definition) is 3. The largest absolute Gasteiger partial charge is 0.361 e. The molecule has 0 aliphatic carbocycles. The van der Waals surface area contributed by atoms with Crippen molar-refractivity contribution in [1.82, 2.24) is 15.2 Å². The molecule has 2 heterocycles. The number of nitrogens with one attached hydrogen (secondary N) is 2. The quantitative estimate of drug-likeness (QED) is 0.792. The number of fused-ring (bicyclic) bond motifs is 1. The molecule has 6 nitrogen and oxygen atoms in total. The van der Waals surface area contributed by atoms with Gasteiger partial charge in [-0.2, -0.15) is 0 Å². The molecule has 3 rings (SSSR count). The molecule has 4 N–H and O–H groups in total. The van der Waals surface area contributed by atoms with Crippen molar-refractivity contribution in [3.05, 3.63) is 36.0 Å². The maximum atomic E-state index is 12.5. The van der Waals surface area contributed by atoms with E-state index >= 15 is 0 Å². The van der Waals surface area contributed by atoms with Gasteiger partial charge in [0.2, 0.25) is 5.91 Å². The second-order valence-electron chi connectivity index (χ2n) is 6.99. The number of amides is 2. The van der Waals surface area contributed by atoms with E-state index in [0.29, 0.717) is 24.6 Å². The summed E-state index contributed by atoms with van der Waals surface area (Å²) in [6, 6.07) is 7.25. The highest BCUT2D eigenvalue weighted by Gasteiger charge is 2.28. The van der Waals surface area contributed by atoms with Gasteiger partial charge in [-0.05, 0) is 56.9 Å². The minimum atomic E-state index is -0.447. The lowest BCUT2D eigenvalue weighted by atomic mass is 9.90. The summed E-state index contributed by atoms with van der Waals surface area (Å²) < 4.78 is 0. The summed E-state index contributed by atoms with van der Waals surface area (Å²) in [5.41, 5.74) is 7.37. The predicted octanol–water partition coefficient (Wildman–Crippen LogP) is 1.87.